The van der Waals surface area contributed by atoms with Crippen LogP contribution in [0.3, 0.4) is 0 Å². The number of hydrogen-bond donors (Lipinski definition) is 0. The molecule has 3 unspecified atom stereocenters. The predicted molar refractivity (Wildman–Crippen MR) is 44.3 cm³/mol. The lowest BCUT2D eigenvalue weighted by atomic mass is 9.99. The predicted octanol–water partition coefficient (Wildman–Crippen LogP) is 2.04. The Labute approximate surface area is 68.9 Å². The van der Waals surface area contributed by atoms with Crippen molar-refractivity contribution in [3.8, 4) is 0 Å². The summed E-state index contributed by atoms with van der Waals surface area (Å²) in [6.07, 6.45) is 2.94. The van der Waals surface area contributed by atoms with Crippen LogP contribution in [0.25, 0.3) is 0 Å². The van der Waals surface area contributed by atoms with Gasteiger partial charge in [0.2, 0.25) is 0 Å². The van der Waals surface area contributed by atoms with E-state index in [1.807, 2.05) is 0 Å². The molecule has 2 heteroatoms. The molecule has 1 aliphatic carbocycles. The van der Waals surface area contributed by atoms with Crippen LogP contribution in [0, 0.1) is 11.8 Å². The molecule has 0 radical (unpaired) electrons. The van der Waals surface area contributed by atoms with Crippen molar-refractivity contribution in [1.82, 2.24) is 0 Å². The topological polar surface area (TPSA) is 18.5 Å². The summed E-state index contributed by atoms with van der Waals surface area (Å²) in [4.78, 5) is 0. The van der Waals surface area contributed by atoms with Crippen LogP contribution >= 0.6 is 0 Å². The van der Waals surface area contributed by atoms with E-state index < -0.39 is 0 Å². The summed E-state index contributed by atoms with van der Waals surface area (Å²) in [5.74, 6) is 1.52. The second-order valence-corrected chi connectivity index (χ2v) is 3.53. The highest BCUT2D eigenvalue weighted by atomic mass is 16.7. The lowest BCUT2D eigenvalue weighted by molar-refractivity contribution is -0.0834. The number of hydrogen-bond acceptors (Lipinski definition) is 2. The summed E-state index contributed by atoms with van der Waals surface area (Å²) in [6, 6.07) is 0. The third-order valence-corrected chi connectivity index (χ3v) is 2.79. The van der Waals surface area contributed by atoms with E-state index in [2.05, 4.69) is 13.8 Å². The maximum atomic E-state index is 5.51. The minimum absolute atomic E-state index is 0.435. The first-order valence-electron chi connectivity index (χ1n) is 4.36. The molecule has 0 spiro atoms. The molecule has 0 aliphatic heterocycles. The van der Waals surface area contributed by atoms with Crippen LogP contribution in [0.15, 0.2) is 0 Å². The van der Waals surface area contributed by atoms with Gasteiger partial charge in [0.1, 0.15) is 6.79 Å². The molecule has 11 heavy (non-hydrogen) atoms. The van der Waals surface area contributed by atoms with Gasteiger partial charge in [-0.3, -0.25) is 0 Å². The molecule has 1 rings (SSSR count). The average Bonchev–Trinajstić information content (AvgIpc) is 2.31. The third kappa shape index (κ3) is 2.17. The molecule has 0 amide bonds. The Kier molecular flexibility index (Phi) is 3.34. The van der Waals surface area contributed by atoms with E-state index in [0.717, 1.165) is 5.92 Å². The minimum atomic E-state index is 0.435. The Balaban J connectivity index is 2.24. The third-order valence-electron chi connectivity index (χ3n) is 2.79. The van der Waals surface area contributed by atoms with Gasteiger partial charge in [-0.05, 0) is 24.7 Å². The van der Waals surface area contributed by atoms with Crippen molar-refractivity contribution in [2.24, 2.45) is 11.8 Å². The van der Waals surface area contributed by atoms with Crippen molar-refractivity contribution in [2.45, 2.75) is 32.8 Å². The molecular formula is C9H18O2. The molecular weight excluding hydrogens is 140 g/mol. The van der Waals surface area contributed by atoms with Crippen LogP contribution in [-0.4, -0.2) is 20.0 Å². The zero-order chi connectivity index (χ0) is 8.27. The number of ether oxygens (including phenoxy) is 2. The van der Waals surface area contributed by atoms with Gasteiger partial charge in [0.25, 0.3) is 0 Å². The van der Waals surface area contributed by atoms with E-state index in [0.29, 0.717) is 18.8 Å². The molecule has 0 aromatic rings. The largest absolute Gasteiger partial charge is 0.359 e. The van der Waals surface area contributed by atoms with Crippen molar-refractivity contribution in [1.29, 1.82) is 0 Å². The molecule has 1 saturated carbocycles. The van der Waals surface area contributed by atoms with Crippen LogP contribution in [0.5, 0.6) is 0 Å². The van der Waals surface area contributed by atoms with Gasteiger partial charge < -0.3 is 9.47 Å². The van der Waals surface area contributed by atoms with E-state index in [9.17, 15) is 0 Å². The quantitative estimate of drug-likeness (QED) is 0.585. The highest BCUT2D eigenvalue weighted by molar-refractivity contribution is 4.79. The lowest BCUT2D eigenvalue weighted by Gasteiger charge is -2.17. The Morgan fingerprint density at radius 1 is 1.27 bits per heavy atom. The highest BCUT2D eigenvalue weighted by Crippen LogP contribution is 2.32. The summed E-state index contributed by atoms with van der Waals surface area (Å²) in [5.41, 5.74) is 0. The van der Waals surface area contributed by atoms with Gasteiger partial charge in [0, 0.05) is 7.11 Å². The van der Waals surface area contributed by atoms with Crippen LogP contribution in [0.4, 0.5) is 0 Å². The van der Waals surface area contributed by atoms with Crippen LogP contribution in [-0.2, 0) is 9.47 Å². The van der Waals surface area contributed by atoms with E-state index >= 15 is 0 Å². The van der Waals surface area contributed by atoms with Crippen LogP contribution < -0.4 is 0 Å². The summed E-state index contributed by atoms with van der Waals surface area (Å²) in [7, 11) is 1.67. The number of rotatable bonds is 3. The molecule has 0 heterocycles. The first kappa shape index (κ1) is 9.01. The molecule has 0 aromatic heterocycles. The number of methoxy groups -OCH3 is 1. The lowest BCUT2D eigenvalue weighted by Crippen LogP contribution is -2.19. The van der Waals surface area contributed by atoms with Crippen molar-refractivity contribution in [2.75, 3.05) is 13.9 Å². The van der Waals surface area contributed by atoms with E-state index in [4.69, 9.17) is 9.47 Å². The van der Waals surface area contributed by atoms with Gasteiger partial charge in [-0.1, -0.05) is 13.8 Å². The van der Waals surface area contributed by atoms with Crippen molar-refractivity contribution in [3.63, 3.8) is 0 Å². The SMILES string of the molecule is COCOC1CCC(C)C1C. The van der Waals surface area contributed by atoms with Crippen molar-refractivity contribution in [3.05, 3.63) is 0 Å². The Bertz CT molecular complexity index is 114. The standard InChI is InChI=1S/C9H18O2/c1-7-4-5-9(8(7)2)11-6-10-3/h7-9H,4-6H2,1-3H3. The maximum absolute atomic E-state index is 5.51. The highest BCUT2D eigenvalue weighted by Gasteiger charge is 2.30. The molecule has 0 N–H and O–H groups in total. The molecule has 0 saturated heterocycles. The Hall–Kier alpha value is -0.0800. The molecule has 1 fully saturated rings. The van der Waals surface area contributed by atoms with Crippen molar-refractivity contribution < 1.29 is 9.47 Å². The average molecular weight is 158 g/mol. The zero-order valence-corrected chi connectivity index (χ0v) is 7.67. The normalized spacial score (nSPS) is 37.9. The smallest absolute Gasteiger partial charge is 0.146 e. The van der Waals surface area contributed by atoms with Crippen LogP contribution in [0.2, 0.25) is 0 Å². The van der Waals surface area contributed by atoms with Crippen molar-refractivity contribution >= 4 is 0 Å². The first-order valence-corrected chi connectivity index (χ1v) is 4.36. The van der Waals surface area contributed by atoms with Gasteiger partial charge in [0.15, 0.2) is 0 Å². The molecule has 66 valence electrons. The van der Waals surface area contributed by atoms with Gasteiger partial charge in [0.05, 0.1) is 6.10 Å². The second kappa shape index (κ2) is 4.07. The van der Waals surface area contributed by atoms with E-state index in [-0.39, 0.29) is 0 Å². The fourth-order valence-corrected chi connectivity index (χ4v) is 1.71. The van der Waals surface area contributed by atoms with Gasteiger partial charge >= 0.3 is 0 Å². The van der Waals surface area contributed by atoms with E-state index in [1.165, 1.54) is 12.8 Å². The summed E-state index contributed by atoms with van der Waals surface area (Å²) in [5, 5.41) is 0. The Morgan fingerprint density at radius 3 is 2.45 bits per heavy atom. The molecule has 0 aromatic carbocycles. The summed E-state index contributed by atoms with van der Waals surface area (Å²) < 4.78 is 10.4. The first-order chi connectivity index (χ1) is 5.25. The Morgan fingerprint density at radius 2 is 2.00 bits per heavy atom. The zero-order valence-electron chi connectivity index (χ0n) is 7.67. The summed E-state index contributed by atoms with van der Waals surface area (Å²) in [6.45, 7) is 5.00. The monoisotopic (exact) mass is 158 g/mol. The molecule has 3 atom stereocenters. The van der Waals surface area contributed by atoms with Crippen LogP contribution in [0.1, 0.15) is 26.7 Å². The minimum Gasteiger partial charge on any atom is -0.359 e. The van der Waals surface area contributed by atoms with Gasteiger partial charge in [-0.2, -0.15) is 0 Å². The summed E-state index contributed by atoms with van der Waals surface area (Å²) >= 11 is 0. The molecule has 2 nitrogen and oxygen atoms in total. The van der Waals surface area contributed by atoms with Gasteiger partial charge in [-0.15, -0.1) is 0 Å². The van der Waals surface area contributed by atoms with Gasteiger partial charge in [-0.25, -0.2) is 0 Å². The second-order valence-electron chi connectivity index (χ2n) is 3.53. The molecule has 0 bridgehead atoms. The maximum Gasteiger partial charge on any atom is 0.146 e. The fourth-order valence-electron chi connectivity index (χ4n) is 1.71. The fraction of sp³-hybridized carbons (Fsp3) is 1.00. The molecule has 1 aliphatic rings. The van der Waals surface area contributed by atoms with E-state index in [1.54, 1.807) is 7.11 Å².